The van der Waals surface area contributed by atoms with E-state index in [1.54, 1.807) is 0 Å². The Morgan fingerprint density at radius 3 is 2.67 bits per heavy atom. The molecule has 1 aromatic heterocycles. The van der Waals surface area contributed by atoms with E-state index in [0.717, 1.165) is 0 Å². The number of nitrogen functional groups attached to an aromatic ring is 1. The fraction of sp³-hybridized carbons (Fsp3) is 0. The topological polar surface area (TPSA) is 38.9 Å². The molecule has 0 aliphatic rings. The quantitative estimate of drug-likeness (QED) is 0.631. The molecule has 0 spiro atoms. The van der Waals surface area contributed by atoms with Crippen LogP contribution in [0.1, 0.15) is 0 Å². The van der Waals surface area contributed by atoms with Gasteiger partial charge in [-0.2, -0.15) is 0 Å². The smallest absolute Gasteiger partial charge is 0.133 e. The molecule has 0 saturated heterocycles. The van der Waals surface area contributed by atoms with Gasteiger partial charge in [-0.15, -0.1) is 0 Å². The molecule has 0 unspecified atom stereocenters. The molecular formula is C5H3Cl2N2. The molecule has 0 bridgehead atoms. The fourth-order valence-electron chi connectivity index (χ4n) is 0.387. The Kier molecular flexibility index (Phi) is 1.78. The molecule has 1 aromatic rings. The van der Waals surface area contributed by atoms with Crippen LogP contribution in [0.2, 0.25) is 10.0 Å². The van der Waals surface area contributed by atoms with Gasteiger partial charge in [0.15, 0.2) is 0 Å². The van der Waals surface area contributed by atoms with Crippen molar-refractivity contribution in [1.82, 2.24) is 4.98 Å². The van der Waals surface area contributed by atoms with Crippen molar-refractivity contribution in [1.29, 1.82) is 0 Å². The minimum atomic E-state index is 0.254. The summed E-state index contributed by atoms with van der Waals surface area (Å²) < 4.78 is 0. The van der Waals surface area contributed by atoms with Crippen LogP contribution >= 0.6 is 23.2 Å². The molecule has 1 heterocycles. The summed E-state index contributed by atoms with van der Waals surface area (Å²) in [4.78, 5) is 3.65. The van der Waals surface area contributed by atoms with Crippen molar-refractivity contribution in [2.24, 2.45) is 0 Å². The molecule has 1 rings (SSSR count). The lowest BCUT2D eigenvalue weighted by molar-refractivity contribution is 1.33. The third-order valence-electron chi connectivity index (χ3n) is 0.764. The second-order valence-electron chi connectivity index (χ2n) is 1.43. The molecule has 0 fully saturated rings. The van der Waals surface area contributed by atoms with E-state index in [2.05, 4.69) is 11.1 Å². The predicted octanol–water partition coefficient (Wildman–Crippen LogP) is 1.77. The second-order valence-corrected chi connectivity index (χ2v) is 2.22. The standard InChI is InChI=1S/C5H3Cl2N2/c6-3-1-5(8)9-2-4(3)7/h2H,(H2,8,9). The Hall–Kier alpha value is -0.470. The first-order valence-electron chi connectivity index (χ1n) is 2.19. The number of pyridine rings is 1. The number of anilines is 1. The zero-order valence-electron chi connectivity index (χ0n) is 4.36. The highest BCUT2D eigenvalue weighted by Crippen LogP contribution is 2.20. The van der Waals surface area contributed by atoms with E-state index in [-0.39, 0.29) is 5.82 Å². The SMILES string of the molecule is Nc1[c]c(Cl)c(Cl)cn1. The molecule has 0 atom stereocenters. The van der Waals surface area contributed by atoms with Gasteiger partial charge in [-0.1, -0.05) is 23.2 Å². The lowest BCUT2D eigenvalue weighted by Crippen LogP contribution is -1.88. The van der Waals surface area contributed by atoms with Gasteiger partial charge in [0.1, 0.15) is 5.82 Å². The van der Waals surface area contributed by atoms with E-state index in [0.29, 0.717) is 10.0 Å². The average molecular weight is 162 g/mol. The summed E-state index contributed by atoms with van der Waals surface area (Å²) in [5, 5.41) is 0.676. The number of hydrogen-bond donors (Lipinski definition) is 1. The van der Waals surface area contributed by atoms with Crippen LogP contribution in [0, 0.1) is 6.07 Å². The molecule has 2 nitrogen and oxygen atoms in total. The van der Waals surface area contributed by atoms with Crippen LogP contribution in [0.3, 0.4) is 0 Å². The molecule has 0 aliphatic heterocycles. The van der Waals surface area contributed by atoms with Gasteiger partial charge in [0.05, 0.1) is 10.0 Å². The summed E-state index contributed by atoms with van der Waals surface area (Å²) in [7, 11) is 0. The van der Waals surface area contributed by atoms with Crippen molar-refractivity contribution in [3.8, 4) is 0 Å². The number of hydrogen-bond acceptors (Lipinski definition) is 2. The maximum Gasteiger partial charge on any atom is 0.133 e. The van der Waals surface area contributed by atoms with E-state index in [1.165, 1.54) is 6.20 Å². The third kappa shape index (κ3) is 1.47. The van der Waals surface area contributed by atoms with E-state index < -0.39 is 0 Å². The van der Waals surface area contributed by atoms with Crippen LogP contribution in [0.25, 0.3) is 0 Å². The van der Waals surface area contributed by atoms with Gasteiger partial charge >= 0.3 is 0 Å². The minimum Gasteiger partial charge on any atom is -0.383 e. The Balaban J connectivity index is 3.17. The average Bonchev–Trinajstić information content (AvgIpc) is 1.80. The summed E-state index contributed by atoms with van der Waals surface area (Å²) in [6, 6.07) is 2.54. The van der Waals surface area contributed by atoms with E-state index in [1.807, 2.05) is 0 Å². The van der Waals surface area contributed by atoms with Gasteiger partial charge < -0.3 is 5.73 Å². The van der Waals surface area contributed by atoms with Gasteiger partial charge in [0, 0.05) is 12.3 Å². The van der Waals surface area contributed by atoms with Crippen LogP contribution in [0.5, 0.6) is 0 Å². The molecule has 47 valence electrons. The van der Waals surface area contributed by atoms with Crippen LogP contribution < -0.4 is 5.73 Å². The van der Waals surface area contributed by atoms with Gasteiger partial charge in [-0.25, -0.2) is 4.98 Å². The summed E-state index contributed by atoms with van der Waals surface area (Å²) >= 11 is 11.0. The number of nitrogens with zero attached hydrogens (tertiary/aromatic N) is 1. The zero-order valence-corrected chi connectivity index (χ0v) is 5.87. The highest BCUT2D eigenvalue weighted by Gasteiger charge is 1.96. The molecular weight excluding hydrogens is 159 g/mol. The van der Waals surface area contributed by atoms with Gasteiger partial charge in [-0.05, 0) is 0 Å². The lowest BCUT2D eigenvalue weighted by atomic mass is 10.5. The molecule has 9 heavy (non-hydrogen) atoms. The number of aromatic nitrogens is 1. The van der Waals surface area contributed by atoms with E-state index in [4.69, 9.17) is 28.9 Å². The van der Waals surface area contributed by atoms with Crippen LogP contribution in [-0.2, 0) is 0 Å². The van der Waals surface area contributed by atoms with E-state index >= 15 is 0 Å². The van der Waals surface area contributed by atoms with Crippen molar-refractivity contribution in [3.05, 3.63) is 22.3 Å². The fourth-order valence-corrected chi connectivity index (χ4v) is 0.629. The van der Waals surface area contributed by atoms with Crippen molar-refractivity contribution < 1.29 is 0 Å². The Morgan fingerprint density at radius 2 is 2.22 bits per heavy atom. The Labute approximate surface area is 62.6 Å². The lowest BCUT2D eigenvalue weighted by Gasteiger charge is -1.92. The van der Waals surface area contributed by atoms with Crippen LogP contribution in [0.4, 0.5) is 5.82 Å². The summed E-state index contributed by atoms with van der Waals surface area (Å²) in [6.45, 7) is 0. The molecule has 1 radical (unpaired) electrons. The molecule has 0 amide bonds. The van der Waals surface area contributed by atoms with Gasteiger partial charge in [0.2, 0.25) is 0 Å². The molecule has 0 aromatic carbocycles. The number of halogens is 2. The summed E-state index contributed by atoms with van der Waals surface area (Å²) in [5.41, 5.74) is 5.22. The van der Waals surface area contributed by atoms with Crippen molar-refractivity contribution in [3.63, 3.8) is 0 Å². The Morgan fingerprint density at radius 1 is 1.56 bits per heavy atom. The third-order valence-corrected chi connectivity index (χ3v) is 1.45. The van der Waals surface area contributed by atoms with Crippen molar-refractivity contribution >= 4 is 29.0 Å². The normalized spacial score (nSPS) is 9.56. The first kappa shape index (κ1) is 6.65. The zero-order chi connectivity index (χ0) is 6.85. The molecule has 0 saturated carbocycles. The first-order valence-corrected chi connectivity index (χ1v) is 2.94. The number of rotatable bonds is 0. The summed E-state index contributed by atoms with van der Waals surface area (Å²) in [6.07, 6.45) is 1.38. The van der Waals surface area contributed by atoms with Crippen LogP contribution in [-0.4, -0.2) is 4.98 Å². The van der Waals surface area contributed by atoms with Gasteiger partial charge in [-0.3, -0.25) is 0 Å². The van der Waals surface area contributed by atoms with Crippen LogP contribution in [0.15, 0.2) is 6.20 Å². The minimum absolute atomic E-state index is 0.254. The highest BCUT2D eigenvalue weighted by molar-refractivity contribution is 6.41. The van der Waals surface area contributed by atoms with Gasteiger partial charge in [0.25, 0.3) is 0 Å². The monoisotopic (exact) mass is 161 g/mol. The molecule has 2 N–H and O–H groups in total. The maximum absolute atomic E-state index is 5.51. The molecule has 4 heteroatoms. The second kappa shape index (κ2) is 2.42. The largest absolute Gasteiger partial charge is 0.383 e. The Bertz CT molecular complexity index is 224. The van der Waals surface area contributed by atoms with Crippen molar-refractivity contribution in [2.75, 3.05) is 5.73 Å². The number of nitrogens with two attached hydrogens (primary N) is 1. The maximum atomic E-state index is 5.51. The first-order chi connectivity index (χ1) is 4.20. The summed E-state index contributed by atoms with van der Waals surface area (Å²) in [5.74, 6) is 0.254. The molecule has 0 aliphatic carbocycles. The predicted molar refractivity (Wildman–Crippen MR) is 37.5 cm³/mol. The van der Waals surface area contributed by atoms with Crippen molar-refractivity contribution in [2.45, 2.75) is 0 Å². The van der Waals surface area contributed by atoms with E-state index in [9.17, 15) is 0 Å². The highest BCUT2D eigenvalue weighted by atomic mass is 35.5.